The highest BCUT2D eigenvalue weighted by atomic mass is 16.2. The Bertz CT molecular complexity index is 1220. The zero-order valence-electron chi connectivity index (χ0n) is 21.3. The Labute approximate surface area is 212 Å². The molecule has 2 amide bonds. The van der Waals surface area contributed by atoms with E-state index in [1.54, 1.807) is 18.3 Å². The molecule has 36 heavy (non-hydrogen) atoms. The number of aromatic nitrogens is 3. The van der Waals surface area contributed by atoms with Gasteiger partial charge >= 0.3 is 0 Å². The summed E-state index contributed by atoms with van der Waals surface area (Å²) in [6.45, 7) is 4.78. The third-order valence-corrected chi connectivity index (χ3v) is 6.15. The van der Waals surface area contributed by atoms with E-state index in [9.17, 15) is 9.59 Å². The van der Waals surface area contributed by atoms with Crippen molar-refractivity contribution in [2.24, 2.45) is 5.92 Å². The van der Waals surface area contributed by atoms with Crippen LogP contribution in [0.2, 0.25) is 0 Å². The average Bonchev–Trinajstić information content (AvgIpc) is 3.58. The highest BCUT2D eigenvalue weighted by molar-refractivity contribution is 5.98. The van der Waals surface area contributed by atoms with Crippen LogP contribution in [0.5, 0.6) is 0 Å². The number of nitrogens with one attached hydrogen (secondary N) is 3. The number of amides is 2. The van der Waals surface area contributed by atoms with Gasteiger partial charge in [-0.25, -0.2) is 4.98 Å². The summed E-state index contributed by atoms with van der Waals surface area (Å²) in [5.41, 5.74) is 3.88. The number of aromatic amines is 1. The first kappa shape index (κ1) is 25.3. The number of hydrogen-bond acceptors (Lipinski definition) is 5. The van der Waals surface area contributed by atoms with Crippen molar-refractivity contribution in [3.63, 3.8) is 0 Å². The Kier molecular flexibility index (Phi) is 7.95. The van der Waals surface area contributed by atoms with Crippen molar-refractivity contribution < 1.29 is 9.59 Å². The Hall–Kier alpha value is -3.78. The number of nitrogens with zero attached hydrogens (tertiary/aromatic N) is 3. The van der Waals surface area contributed by atoms with Crippen molar-refractivity contribution in [2.45, 2.75) is 38.5 Å². The van der Waals surface area contributed by atoms with E-state index < -0.39 is 0 Å². The molecule has 1 fully saturated rings. The average molecular weight is 487 g/mol. The fourth-order valence-electron chi connectivity index (χ4n) is 4.14. The molecule has 188 valence electrons. The van der Waals surface area contributed by atoms with Crippen LogP contribution in [0.25, 0.3) is 11.1 Å². The second kappa shape index (κ2) is 11.3. The molecular formula is C28H34N6O2. The highest BCUT2D eigenvalue weighted by Gasteiger charge is 2.28. The number of pyridine rings is 1. The molecule has 3 aromatic rings. The zero-order valence-corrected chi connectivity index (χ0v) is 21.3. The van der Waals surface area contributed by atoms with Crippen molar-refractivity contribution in [1.82, 2.24) is 20.1 Å². The number of carbonyl (C=O) groups is 2. The lowest BCUT2D eigenvalue weighted by molar-refractivity contribution is -0.118. The Morgan fingerprint density at radius 3 is 2.56 bits per heavy atom. The fourth-order valence-corrected chi connectivity index (χ4v) is 4.14. The van der Waals surface area contributed by atoms with E-state index in [1.165, 1.54) is 18.9 Å². The topological polar surface area (TPSA) is 103 Å². The maximum absolute atomic E-state index is 13.2. The first-order valence-corrected chi connectivity index (χ1v) is 12.3. The van der Waals surface area contributed by atoms with Gasteiger partial charge in [-0.15, -0.1) is 0 Å². The lowest BCUT2D eigenvalue weighted by Gasteiger charge is -2.21. The van der Waals surface area contributed by atoms with Crippen LogP contribution < -0.4 is 10.6 Å². The first-order chi connectivity index (χ1) is 17.3. The third-order valence-electron chi connectivity index (χ3n) is 6.15. The van der Waals surface area contributed by atoms with E-state index in [0.29, 0.717) is 24.1 Å². The zero-order chi connectivity index (χ0) is 25.7. The van der Waals surface area contributed by atoms with Crippen LogP contribution in [0.1, 0.15) is 49.8 Å². The summed E-state index contributed by atoms with van der Waals surface area (Å²) in [6, 6.07) is 13.6. The van der Waals surface area contributed by atoms with Gasteiger partial charge in [0.15, 0.2) is 5.82 Å². The van der Waals surface area contributed by atoms with E-state index in [1.807, 2.05) is 69.2 Å². The fraction of sp³-hybridized carbons (Fsp3) is 0.357. The predicted molar refractivity (Wildman–Crippen MR) is 143 cm³/mol. The van der Waals surface area contributed by atoms with Gasteiger partial charge in [0.05, 0.1) is 5.92 Å². The number of rotatable bonds is 10. The van der Waals surface area contributed by atoms with E-state index in [0.717, 1.165) is 22.4 Å². The first-order valence-electron chi connectivity index (χ1n) is 12.3. The number of H-pyrrole nitrogens is 1. The van der Waals surface area contributed by atoms with Crippen LogP contribution in [0.3, 0.4) is 0 Å². The molecule has 4 rings (SSSR count). The van der Waals surface area contributed by atoms with Crippen LogP contribution in [-0.4, -0.2) is 52.5 Å². The van der Waals surface area contributed by atoms with Crippen LogP contribution in [-0.2, 0) is 9.59 Å². The number of benzene rings is 1. The molecule has 1 aliphatic carbocycles. The maximum atomic E-state index is 13.2. The summed E-state index contributed by atoms with van der Waals surface area (Å²) < 4.78 is 0. The molecule has 0 saturated heterocycles. The van der Waals surface area contributed by atoms with Crippen LogP contribution in [0, 0.1) is 5.92 Å². The van der Waals surface area contributed by atoms with Crippen LogP contribution in [0.4, 0.5) is 11.6 Å². The van der Waals surface area contributed by atoms with E-state index in [4.69, 9.17) is 0 Å². The molecule has 1 unspecified atom stereocenters. The highest BCUT2D eigenvalue weighted by Crippen LogP contribution is 2.39. The normalized spacial score (nSPS) is 14.4. The molecule has 8 nitrogen and oxygen atoms in total. The standard InChI is InChI=1S/C28H34N6O2/c1-18(2)27(28(36)31-25-16-23(32-33-25)19-10-11-19)21-8-5-7-20(15-21)22-12-13-24(29-17-22)30-26(35)9-6-14-34(3)4/h5-9,12-13,15-19,27H,10-11,14H2,1-4H3,(H,29,30,35)(H2,31,32,33,36)/b9-6+. The molecule has 2 aromatic heterocycles. The van der Waals surface area contributed by atoms with E-state index in [2.05, 4.69) is 25.8 Å². The molecule has 0 aliphatic heterocycles. The molecule has 2 heterocycles. The summed E-state index contributed by atoms with van der Waals surface area (Å²) in [6.07, 6.45) is 7.38. The van der Waals surface area contributed by atoms with Gasteiger partial charge in [-0.3, -0.25) is 14.7 Å². The van der Waals surface area contributed by atoms with Gasteiger partial charge in [0.1, 0.15) is 5.82 Å². The summed E-state index contributed by atoms with van der Waals surface area (Å²) in [4.78, 5) is 31.7. The minimum atomic E-state index is -0.327. The molecular weight excluding hydrogens is 452 g/mol. The monoisotopic (exact) mass is 486 g/mol. The predicted octanol–water partition coefficient (Wildman–Crippen LogP) is 4.78. The lowest BCUT2D eigenvalue weighted by Crippen LogP contribution is -2.25. The quantitative estimate of drug-likeness (QED) is 0.358. The van der Waals surface area contributed by atoms with Crippen molar-refractivity contribution in [3.8, 4) is 11.1 Å². The molecule has 1 aliphatic rings. The molecule has 1 saturated carbocycles. The second-order valence-corrected chi connectivity index (χ2v) is 9.91. The number of carbonyl (C=O) groups excluding carboxylic acids is 2. The molecule has 3 N–H and O–H groups in total. The summed E-state index contributed by atoms with van der Waals surface area (Å²) >= 11 is 0. The van der Waals surface area contributed by atoms with Gasteiger partial charge in [-0.2, -0.15) is 5.10 Å². The molecule has 0 radical (unpaired) electrons. The number of anilines is 2. The van der Waals surface area contributed by atoms with Crippen molar-refractivity contribution in [1.29, 1.82) is 0 Å². The molecule has 1 aromatic carbocycles. The maximum Gasteiger partial charge on any atom is 0.249 e. The minimum absolute atomic E-state index is 0.0745. The largest absolute Gasteiger partial charge is 0.309 e. The van der Waals surface area contributed by atoms with Crippen molar-refractivity contribution in [3.05, 3.63) is 72.1 Å². The van der Waals surface area contributed by atoms with Gasteiger partial charge in [0.2, 0.25) is 11.8 Å². The van der Waals surface area contributed by atoms with Gasteiger partial charge in [-0.05, 0) is 56.1 Å². The van der Waals surface area contributed by atoms with Crippen LogP contribution >= 0.6 is 0 Å². The molecule has 0 bridgehead atoms. The third kappa shape index (κ3) is 6.66. The minimum Gasteiger partial charge on any atom is -0.309 e. The van der Waals surface area contributed by atoms with Gasteiger partial charge < -0.3 is 15.5 Å². The number of hydrogen-bond donors (Lipinski definition) is 3. The van der Waals surface area contributed by atoms with Crippen molar-refractivity contribution >= 4 is 23.5 Å². The van der Waals surface area contributed by atoms with Gasteiger partial charge in [-0.1, -0.05) is 44.2 Å². The SMILES string of the molecule is CC(C)C(C(=O)Nc1cc(C2CC2)[nH]n1)c1cccc(-c2ccc(NC(=O)/C=C/CN(C)C)nc2)c1. The second-order valence-electron chi connectivity index (χ2n) is 9.91. The van der Waals surface area contributed by atoms with Crippen molar-refractivity contribution in [2.75, 3.05) is 31.3 Å². The smallest absolute Gasteiger partial charge is 0.249 e. The Morgan fingerprint density at radius 2 is 1.89 bits per heavy atom. The summed E-state index contributed by atoms with van der Waals surface area (Å²) in [5, 5.41) is 13.1. The van der Waals surface area contributed by atoms with Crippen LogP contribution in [0.15, 0.2) is 60.8 Å². The molecule has 1 atom stereocenters. The van der Waals surface area contributed by atoms with Gasteiger partial charge in [0, 0.05) is 42.1 Å². The molecule has 0 spiro atoms. The lowest BCUT2D eigenvalue weighted by atomic mass is 9.86. The Balaban J connectivity index is 1.45. The Morgan fingerprint density at radius 1 is 1.08 bits per heavy atom. The molecule has 8 heteroatoms. The summed E-state index contributed by atoms with van der Waals surface area (Å²) in [5.74, 6) is 1.08. The van der Waals surface area contributed by atoms with E-state index >= 15 is 0 Å². The number of likely N-dealkylation sites (N-methyl/N-ethyl adjacent to an activating group) is 1. The van der Waals surface area contributed by atoms with E-state index in [-0.39, 0.29) is 23.7 Å². The van der Waals surface area contributed by atoms with Gasteiger partial charge in [0.25, 0.3) is 0 Å². The summed E-state index contributed by atoms with van der Waals surface area (Å²) in [7, 11) is 3.88.